The number of halogens is 1. The molecule has 144 valence electrons. The van der Waals surface area contributed by atoms with Gasteiger partial charge in [0.15, 0.2) is 5.65 Å². The first kappa shape index (κ1) is 17.4. The zero-order valence-electron chi connectivity index (χ0n) is 15.4. The van der Waals surface area contributed by atoms with E-state index < -0.39 is 0 Å². The van der Waals surface area contributed by atoms with Crippen molar-refractivity contribution in [1.29, 1.82) is 0 Å². The Morgan fingerprint density at radius 3 is 3.00 bits per heavy atom. The zero-order valence-corrected chi connectivity index (χ0v) is 16.9. The van der Waals surface area contributed by atoms with Gasteiger partial charge in [-0.05, 0) is 35.0 Å². The van der Waals surface area contributed by atoms with Crippen molar-refractivity contribution < 1.29 is 0 Å². The molecule has 0 saturated carbocycles. The highest BCUT2D eigenvalue weighted by molar-refractivity contribution is 9.10. The van der Waals surface area contributed by atoms with Gasteiger partial charge < -0.3 is 20.5 Å². The number of anilines is 2. The molecule has 0 aliphatic carbocycles. The van der Waals surface area contributed by atoms with Crippen molar-refractivity contribution >= 4 is 44.5 Å². The number of fused-ring (bicyclic) bond motifs is 2. The molecule has 0 radical (unpaired) electrons. The van der Waals surface area contributed by atoms with Gasteiger partial charge in [-0.1, -0.05) is 12.1 Å². The van der Waals surface area contributed by atoms with Crippen molar-refractivity contribution in [3.8, 4) is 0 Å². The summed E-state index contributed by atoms with van der Waals surface area (Å²) in [6.07, 6.45) is 1.74. The molecule has 0 spiro atoms. The summed E-state index contributed by atoms with van der Waals surface area (Å²) in [5.41, 5.74) is 2.71. The Balaban J connectivity index is 1.47. The van der Waals surface area contributed by atoms with Gasteiger partial charge in [0.2, 0.25) is 11.9 Å². The zero-order chi connectivity index (χ0) is 19.1. The maximum Gasteiger partial charge on any atom is 0.230 e. The molecule has 5 rings (SSSR count). The summed E-state index contributed by atoms with van der Waals surface area (Å²) >= 11 is 3.54. The molecule has 4 aromatic rings. The minimum Gasteiger partial charge on any atom is -0.347 e. The van der Waals surface area contributed by atoms with E-state index in [9.17, 15) is 0 Å². The number of imidazole rings is 1. The monoisotopic (exact) mass is 441 g/mol. The first-order chi connectivity index (χ1) is 13.7. The van der Waals surface area contributed by atoms with Crippen molar-refractivity contribution in [1.82, 2.24) is 34.9 Å². The molecule has 1 aliphatic rings. The van der Waals surface area contributed by atoms with Crippen LogP contribution >= 0.6 is 15.9 Å². The number of benzene rings is 1. The van der Waals surface area contributed by atoms with Crippen LogP contribution in [0.4, 0.5) is 11.9 Å². The van der Waals surface area contributed by atoms with Crippen LogP contribution in [0.3, 0.4) is 0 Å². The van der Waals surface area contributed by atoms with E-state index in [2.05, 4.69) is 53.5 Å². The summed E-state index contributed by atoms with van der Waals surface area (Å²) in [5.74, 6) is 2.18. The summed E-state index contributed by atoms with van der Waals surface area (Å²) in [6.45, 7) is 5.33. The molecule has 1 fully saturated rings. The van der Waals surface area contributed by atoms with E-state index in [0.717, 1.165) is 46.6 Å². The second-order valence-corrected chi connectivity index (χ2v) is 7.78. The molecule has 0 bridgehead atoms. The van der Waals surface area contributed by atoms with E-state index in [1.165, 1.54) is 0 Å². The van der Waals surface area contributed by atoms with Gasteiger partial charge in [0, 0.05) is 25.7 Å². The molecule has 9 nitrogen and oxygen atoms in total. The van der Waals surface area contributed by atoms with Crippen molar-refractivity contribution in [3.63, 3.8) is 0 Å². The second-order valence-electron chi connectivity index (χ2n) is 6.93. The molecule has 3 aromatic heterocycles. The third kappa shape index (κ3) is 3.18. The highest BCUT2D eigenvalue weighted by atomic mass is 79.9. The summed E-state index contributed by atoms with van der Waals surface area (Å²) in [6, 6.07) is 8.38. The van der Waals surface area contributed by atoms with E-state index >= 15 is 0 Å². The van der Waals surface area contributed by atoms with Gasteiger partial charge in [-0.25, -0.2) is 4.98 Å². The first-order valence-electron chi connectivity index (χ1n) is 9.24. The SMILES string of the molecule is C[C@@H]1CN(c2nc(NCc3nc4ccccc4[nH]3)n3ncc(Br)c3n2)CCN1. The van der Waals surface area contributed by atoms with Crippen molar-refractivity contribution in [2.45, 2.75) is 19.5 Å². The van der Waals surface area contributed by atoms with Crippen LogP contribution in [0.2, 0.25) is 0 Å². The summed E-state index contributed by atoms with van der Waals surface area (Å²) in [5, 5.41) is 11.2. The number of H-pyrrole nitrogens is 1. The number of para-hydroxylation sites is 2. The van der Waals surface area contributed by atoms with Crippen LogP contribution in [0.25, 0.3) is 16.7 Å². The number of aromatic nitrogens is 6. The quantitative estimate of drug-likeness (QED) is 0.446. The Bertz CT molecular complexity index is 1100. The van der Waals surface area contributed by atoms with Gasteiger partial charge >= 0.3 is 0 Å². The fourth-order valence-electron chi connectivity index (χ4n) is 3.46. The minimum absolute atomic E-state index is 0.397. The largest absolute Gasteiger partial charge is 0.347 e. The van der Waals surface area contributed by atoms with Crippen molar-refractivity contribution in [2.24, 2.45) is 0 Å². The summed E-state index contributed by atoms with van der Waals surface area (Å²) in [7, 11) is 0. The van der Waals surface area contributed by atoms with Gasteiger partial charge in [-0.15, -0.1) is 0 Å². The number of nitrogens with one attached hydrogen (secondary N) is 3. The Hall–Kier alpha value is -2.72. The fourth-order valence-corrected chi connectivity index (χ4v) is 3.81. The van der Waals surface area contributed by atoms with Crippen LogP contribution in [0, 0.1) is 0 Å². The molecule has 0 amide bonds. The van der Waals surface area contributed by atoms with E-state index in [1.54, 1.807) is 10.7 Å². The highest BCUT2D eigenvalue weighted by Crippen LogP contribution is 2.22. The normalized spacial score (nSPS) is 17.5. The predicted molar refractivity (Wildman–Crippen MR) is 112 cm³/mol. The number of aromatic amines is 1. The number of nitrogens with zero attached hydrogens (tertiary/aromatic N) is 6. The lowest BCUT2D eigenvalue weighted by molar-refractivity contribution is 0.479. The van der Waals surface area contributed by atoms with Crippen LogP contribution in [-0.4, -0.2) is 55.2 Å². The van der Waals surface area contributed by atoms with Crippen LogP contribution < -0.4 is 15.5 Å². The molecule has 0 unspecified atom stereocenters. The molecule has 1 atom stereocenters. The number of hydrogen-bond donors (Lipinski definition) is 3. The van der Waals surface area contributed by atoms with E-state index in [0.29, 0.717) is 24.5 Å². The number of hydrogen-bond acceptors (Lipinski definition) is 7. The van der Waals surface area contributed by atoms with Crippen molar-refractivity contribution in [2.75, 3.05) is 29.9 Å². The van der Waals surface area contributed by atoms with Crippen molar-refractivity contribution in [3.05, 3.63) is 40.8 Å². The average Bonchev–Trinajstić information content (AvgIpc) is 3.29. The molecule has 1 aromatic carbocycles. The van der Waals surface area contributed by atoms with E-state index in [4.69, 9.17) is 9.97 Å². The van der Waals surface area contributed by atoms with Crippen LogP contribution in [0.5, 0.6) is 0 Å². The van der Waals surface area contributed by atoms with Gasteiger partial charge in [0.25, 0.3) is 0 Å². The Kier molecular flexibility index (Phi) is 4.36. The standard InChI is InChI=1S/C18H20BrN9/c1-11-10-27(7-6-20-11)18-25-16-12(19)8-22-28(16)17(26-18)21-9-15-23-13-4-2-3-5-14(13)24-15/h2-5,8,11,20H,6-7,9-10H2,1H3,(H,23,24)(H,21,25,26)/t11-/m1/s1. The first-order valence-corrected chi connectivity index (χ1v) is 10.0. The highest BCUT2D eigenvalue weighted by Gasteiger charge is 2.21. The lowest BCUT2D eigenvalue weighted by atomic mass is 10.2. The van der Waals surface area contributed by atoms with Gasteiger partial charge in [-0.2, -0.15) is 19.6 Å². The van der Waals surface area contributed by atoms with Crippen LogP contribution in [-0.2, 0) is 6.54 Å². The predicted octanol–water partition coefficient (Wildman–Crippen LogP) is 2.17. The molecule has 1 saturated heterocycles. The maximum atomic E-state index is 4.76. The Labute approximate surface area is 169 Å². The number of piperazine rings is 1. The molecular formula is C18H20BrN9. The fraction of sp³-hybridized carbons (Fsp3) is 0.333. The molecule has 4 heterocycles. The van der Waals surface area contributed by atoms with Gasteiger partial charge in [-0.3, -0.25) is 0 Å². The van der Waals surface area contributed by atoms with Gasteiger partial charge in [0.1, 0.15) is 5.82 Å². The van der Waals surface area contributed by atoms with Gasteiger partial charge in [0.05, 0.1) is 28.2 Å². The second kappa shape index (κ2) is 7.02. The molecular weight excluding hydrogens is 422 g/mol. The topological polar surface area (TPSA) is 99.1 Å². The minimum atomic E-state index is 0.397. The molecule has 10 heteroatoms. The molecule has 3 N–H and O–H groups in total. The summed E-state index contributed by atoms with van der Waals surface area (Å²) in [4.78, 5) is 19.6. The third-order valence-corrected chi connectivity index (χ3v) is 5.38. The molecule has 28 heavy (non-hydrogen) atoms. The maximum absolute atomic E-state index is 4.76. The third-order valence-electron chi connectivity index (χ3n) is 4.82. The summed E-state index contributed by atoms with van der Waals surface area (Å²) < 4.78 is 2.55. The van der Waals surface area contributed by atoms with E-state index in [1.807, 2.05) is 24.3 Å². The Morgan fingerprint density at radius 1 is 1.25 bits per heavy atom. The number of rotatable bonds is 4. The Morgan fingerprint density at radius 2 is 2.14 bits per heavy atom. The molecule has 1 aliphatic heterocycles. The lowest BCUT2D eigenvalue weighted by Gasteiger charge is -2.32. The smallest absolute Gasteiger partial charge is 0.230 e. The average molecular weight is 442 g/mol. The lowest BCUT2D eigenvalue weighted by Crippen LogP contribution is -2.49. The van der Waals surface area contributed by atoms with Crippen LogP contribution in [0.1, 0.15) is 12.7 Å². The van der Waals surface area contributed by atoms with Crippen LogP contribution in [0.15, 0.2) is 34.9 Å². The van der Waals surface area contributed by atoms with E-state index in [-0.39, 0.29) is 0 Å².